The number of nitrogens with one attached hydrogen (secondary N) is 1. The van der Waals surface area contributed by atoms with Gasteiger partial charge >= 0.3 is 5.69 Å². The molecule has 78 valence electrons. The Bertz CT molecular complexity index is 496. The van der Waals surface area contributed by atoms with Gasteiger partial charge in [0.05, 0.1) is 5.69 Å². The summed E-state index contributed by atoms with van der Waals surface area (Å²) >= 11 is 0. The van der Waals surface area contributed by atoms with Crippen molar-refractivity contribution in [1.82, 2.24) is 9.55 Å². The molecule has 0 amide bonds. The zero-order valence-electron chi connectivity index (χ0n) is 8.73. The molecule has 0 unspecified atom stereocenters. The Morgan fingerprint density at radius 2 is 2.13 bits per heavy atom. The van der Waals surface area contributed by atoms with E-state index < -0.39 is 0 Å². The number of hydrogen-bond acceptors (Lipinski definition) is 1. The molecule has 0 spiro atoms. The third kappa shape index (κ3) is 1.86. The standard InChI is InChI=1S/C12H14N2O/c1-2-5-10-6-3-4-7-11(10)14-9-8-13-12(14)15/h3-4,6-9H,2,5H2,1H3,(H,13,15). The number of benzene rings is 1. The van der Waals surface area contributed by atoms with Gasteiger partial charge in [0.1, 0.15) is 0 Å². The van der Waals surface area contributed by atoms with Crippen molar-refractivity contribution in [2.75, 3.05) is 0 Å². The van der Waals surface area contributed by atoms with Crippen LogP contribution in [0.1, 0.15) is 18.9 Å². The van der Waals surface area contributed by atoms with Gasteiger partial charge in [0, 0.05) is 12.4 Å². The zero-order valence-corrected chi connectivity index (χ0v) is 8.73. The summed E-state index contributed by atoms with van der Waals surface area (Å²) in [5, 5.41) is 0. The molecule has 0 aliphatic heterocycles. The van der Waals surface area contributed by atoms with Crippen molar-refractivity contribution in [1.29, 1.82) is 0 Å². The first kappa shape index (κ1) is 9.77. The second-order valence-electron chi connectivity index (χ2n) is 3.51. The highest BCUT2D eigenvalue weighted by atomic mass is 16.1. The van der Waals surface area contributed by atoms with E-state index in [4.69, 9.17) is 0 Å². The molecule has 1 heterocycles. The van der Waals surface area contributed by atoms with Gasteiger partial charge in [-0.2, -0.15) is 0 Å². The molecule has 0 aliphatic carbocycles. The molecule has 0 saturated heterocycles. The number of aromatic nitrogens is 2. The first-order valence-corrected chi connectivity index (χ1v) is 5.17. The fraction of sp³-hybridized carbons (Fsp3) is 0.250. The smallest absolute Gasteiger partial charge is 0.312 e. The monoisotopic (exact) mass is 202 g/mol. The third-order valence-electron chi connectivity index (χ3n) is 2.42. The highest BCUT2D eigenvalue weighted by Gasteiger charge is 2.04. The van der Waals surface area contributed by atoms with Gasteiger partial charge in [-0.05, 0) is 18.1 Å². The lowest BCUT2D eigenvalue weighted by molar-refractivity contribution is 0.887. The molecule has 3 heteroatoms. The Morgan fingerprint density at radius 1 is 1.33 bits per heavy atom. The molecule has 0 fully saturated rings. The summed E-state index contributed by atoms with van der Waals surface area (Å²) in [6.07, 6.45) is 5.49. The van der Waals surface area contributed by atoms with E-state index in [1.54, 1.807) is 17.0 Å². The third-order valence-corrected chi connectivity index (χ3v) is 2.42. The summed E-state index contributed by atoms with van der Waals surface area (Å²) < 4.78 is 1.64. The molecule has 1 aromatic heterocycles. The Kier molecular flexibility index (Phi) is 2.72. The fourth-order valence-corrected chi connectivity index (χ4v) is 1.74. The molecule has 1 N–H and O–H groups in total. The average molecular weight is 202 g/mol. The van der Waals surface area contributed by atoms with Crippen LogP contribution in [0.25, 0.3) is 5.69 Å². The van der Waals surface area contributed by atoms with E-state index in [1.807, 2.05) is 18.2 Å². The lowest BCUT2D eigenvalue weighted by Gasteiger charge is -2.07. The molecule has 0 atom stereocenters. The summed E-state index contributed by atoms with van der Waals surface area (Å²) in [5.41, 5.74) is 2.10. The van der Waals surface area contributed by atoms with E-state index >= 15 is 0 Å². The molecular formula is C12H14N2O. The minimum Gasteiger partial charge on any atom is -0.312 e. The maximum absolute atomic E-state index is 11.5. The second kappa shape index (κ2) is 4.17. The topological polar surface area (TPSA) is 37.8 Å². The van der Waals surface area contributed by atoms with E-state index in [0.717, 1.165) is 18.5 Å². The van der Waals surface area contributed by atoms with Crippen molar-refractivity contribution in [3.63, 3.8) is 0 Å². The van der Waals surface area contributed by atoms with Gasteiger partial charge in [-0.15, -0.1) is 0 Å². The molecule has 15 heavy (non-hydrogen) atoms. The van der Waals surface area contributed by atoms with Crippen LogP contribution in [0.5, 0.6) is 0 Å². The number of aromatic amines is 1. The minimum atomic E-state index is -0.0847. The van der Waals surface area contributed by atoms with Crippen LogP contribution in [0.15, 0.2) is 41.5 Å². The highest BCUT2D eigenvalue weighted by molar-refractivity contribution is 5.40. The molecule has 0 aliphatic rings. The van der Waals surface area contributed by atoms with Gasteiger partial charge in [0.15, 0.2) is 0 Å². The molecule has 0 radical (unpaired) electrons. The number of rotatable bonds is 3. The molecule has 1 aromatic carbocycles. The molecule has 2 aromatic rings. The zero-order chi connectivity index (χ0) is 10.7. The number of nitrogens with zero attached hydrogens (tertiary/aromatic N) is 1. The molecule has 2 rings (SSSR count). The van der Waals surface area contributed by atoms with Gasteiger partial charge in [-0.3, -0.25) is 4.57 Å². The average Bonchev–Trinajstić information content (AvgIpc) is 2.66. The molecule has 0 bridgehead atoms. The number of aryl methyl sites for hydroxylation is 1. The Morgan fingerprint density at radius 3 is 2.80 bits per heavy atom. The second-order valence-corrected chi connectivity index (χ2v) is 3.51. The quantitative estimate of drug-likeness (QED) is 0.813. The lowest BCUT2D eigenvalue weighted by Crippen LogP contribution is -2.15. The SMILES string of the molecule is CCCc1ccccc1-n1cc[nH]c1=O. The van der Waals surface area contributed by atoms with E-state index in [2.05, 4.69) is 18.0 Å². The summed E-state index contributed by atoms with van der Waals surface area (Å²) in [6, 6.07) is 8.00. The highest BCUT2D eigenvalue weighted by Crippen LogP contribution is 2.14. The Labute approximate surface area is 88.4 Å². The van der Waals surface area contributed by atoms with Crippen LogP contribution in [0.3, 0.4) is 0 Å². The van der Waals surface area contributed by atoms with Crippen LogP contribution in [0.4, 0.5) is 0 Å². The number of para-hydroxylation sites is 1. The van der Waals surface area contributed by atoms with Crippen molar-refractivity contribution < 1.29 is 0 Å². The van der Waals surface area contributed by atoms with Crippen LogP contribution in [0, 0.1) is 0 Å². The van der Waals surface area contributed by atoms with Gasteiger partial charge in [0.2, 0.25) is 0 Å². The van der Waals surface area contributed by atoms with E-state index in [1.165, 1.54) is 5.56 Å². The first-order valence-electron chi connectivity index (χ1n) is 5.17. The van der Waals surface area contributed by atoms with E-state index in [-0.39, 0.29) is 5.69 Å². The van der Waals surface area contributed by atoms with Gasteiger partial charge in [-0.25, -0.2) is 4.79 Å². The maximum Gasteiger partial charge on any atom is 0.330 e. The normalized spacial score (nSPS) is 10.5. The Hall–Kier alpha value is -1.77. The summed E-state index contributed by atoms with van der Waals surface area (Å²) in [4.78, 5) is 14.1. The number of imidazole rings is 1. The first-order chi connectivity index (χ1) is 7.33. The Balaban J connectivity index is 2.52. The van der Waals surface area contributed by atoms with Crippen LogP contribution >= 0.6 is 0 Å². The van der Waals surface area contributed by atoms with E-state index in [0.29, 0.717) is 0 Å². The van der Waals surface area contributed by atoms with Crippen molar-refractivity contribution in [2.24, 2.45) is 0 Å². The maximum atomic E-state index is 11.5. The van der Waals surface area contributed by atoms with Crippen LogP contribution in [0.2, 0.25) is 0 Å². The number of hydrogen-bond donors (Lipinski definition) is 1. The van der Waals surface area contributed by atoms with Gasteiger partial charge < -0.3 is 4.98 Å². The summed E-state index contributed by atoms with van der Waals surface area (Å²) in [5.74, 6) is 0. The van der Waals surface area contributed by atoms with Crippen molar-refractivity contribution in [3.8, 4) is 5.69 Å². The molecule has 0 saturated carbocycles. The van der Waals surface area contributed by atoms with Crippen molar-refractivity contribution >= 4 is 0 Å². The summed E-state index contributed by atoms with van der Waals surface area (Å²) in [6.45, 7) is 2.14. The number of H-pyrrole nitrogens is 1. The van der Waals surface area contributed by atoms with Crippen LogP contribution in [-0.2, 0) is 6.42 Å². The van der Waals surface area contributed by atoms with Gasteiger partial charge in [0.25, 0.3) is 0 Å². The fourth-order valence-electron chi connectivity index (χ4n) is 1.74. The lowest BCUT2D eigenvalue weighted by atomic mass is 10.1. The van der Waals surface area contributed by atoms with Crippen LogP contribution in [-0.4, -0.2) is 9.55 Å². The van der Waals surface area contributed by atoms with Crippen molar-refractivity contribution in [3.05, 3.63) is 52.7 Å². The largest absolute Gasteiger partial charge is 0.330 e. The molecule has 3 nitrogen and oxygen atoms in total. The predicted molar refractivity (Wildman–Crippen MR) is 60.4 cm³/mol. The van der Waals surface area contributed by atoms with E-state index in [9.17, 15) is 4.79 Å². The predicted octanol–water partition coefficient (Wildman–Crippen LogP) is 2.12. The van der Waals surface area contributed by atoms with Crippen molar-refractivity contribution in [2.45, 2.75) is 19.8 Å². The minimum absolute atomic E-state index is 0.0847. The van der Waals surface area contributed by atoms with Crippen LogP contribution < -0.4 is 5.69 Å². The molecular weight excluding hydrogens is 188 g/mol. The summed E-state index contributed by atoms with van der Waals surface area (Å²) in [7, 11) is 0. The van der Waals surface area contributed by atoms with Gasteiger partial charge in [-0.1, -0.05) is 31.5 Å².